The Labute approximate surface area is 121 Å². The fourth-order valence-corrected chi connectivity index (χ4v) is 3.22. The van der Waals surface area contributed by atoms with Crippen LogP contribution in [0.25, 0.3) is 0 Å². The zero-order valence-electron chi connectivity index (χ0n) is 12.7. The molecule has 0 aromatic heterocycles. The van der Waals surface area contributed by atoms with Crippen LogP contribution in [0.3, 0.4) is 0 Å². The first kappa shape index (κ1) is 15.3. The zero-order chi connectivity index (χ0) is 14.8. The highest BCUT2D eigenvalue weighted by Crippen LogP contribution is 2.34. The summed E-state index contributed by atoms with van der Waals surface area (Å²) in [5, 5.41) is 10.3. The van der Waals surface area contributed by atoms with E-state index in [1.807, 2.05) is 32.0 Å². The molecule has 1 aliphatic rings. The summed E-state index contributed by atoms with van der Waals surface area (Å²) in [5.41, 5.74) is 6.70. The molecule has 1 fully saturated rings. The van der Waals surface area contributed by atoms with Gasteiger partial charge in [0.1, 0.15) is 5.75 Å². The van der Waals surface area contributed by atoms with Crippen molar-refractivity contribution in [2.75, 3.05) is 20.2 Å². The maximum Gasteiger partial charge on any atom is 0.123 e. The van der Waals surface area contributed by atoms with Crippen LogP contribution in [0.1, 0.15) is 38.3 Å². The van der Waals surface area contributed by atoms with Gasteiger partial charge in [-0.15, -0.1) is 0 Å². The van der Waals surface area contributed by atoms with Crippen LogP contribution in [0.15, 0.2) is 24.3 Å². The molecule has 4 heteroatoms. The average molecular weight is 278 g/mol. The van der Waals surface area contributed by atoms with E-state index in [0.717, 1.165) is 30.7 Å². The summed E-state index contributed by atoms with van der Waals surface area (Å²) in [6.07, 6.45) is 1.84. The van der Waals surface area contributed by atoms with Gasteiger partial charge in [0, 0.05) is 18.2 Å². The molecule has 3 N–H and O–H groups in total. The van der Waals surface area contributed by atoms with Crippen molar-refractivity contribution >= 4 is 0 Å². The third kappa shape index (κ3) is 3.32. The monoisotopic (exact) mass is 278 g/mol. The van der Waals surface area contributed by atoms with Crippen molar-refractivity contribution in [3.05, 3.63) is 29.8 Å². The van der Waals surface area contributed by atoms with Crippen molar-refractivity contribution < 1.29 is 9.84 Å². The van der Waals surface area contributed by atoms with Gasteiger partial charge in [-0.2, -0.15) is 0 Å². The van der Waals surface area contributed by atoms with E-state index in [0.29, 0.717) is 6.54 Å². The molecule has 1 saturated heterocycles. The van der Waals surface area contributed by atoms with Gasteiger partial charge in [0.2, 0.25) is 0 Å². The van der Waals surface area contributed by atoms with Gasteiger partial charge < -0.3 is 15.6 Å². The molecule has 4 nitrogen and oxygen atoms in total. The molecule has 2 rings (SSSR count). The average Bonchev–Trinajstić information content (AvgIpc) is 2.38. The number of rotatable bonds is 4. The van der Waals surface area contributed by atoms with Gasteiger partial charge in [-0.1, -0.05) is 18.2 Å². The molecule has 0 saturated carbocycles. The standard InChI is InChI=1S/C16H26N2O2/c1-12(17)15(13-7-4-5-8-14(13)20-3)18-10-6-9-16(2,19)11-18/h4-5,7-8,12,15,19H,6,9-11,17H2,1-3H3. The number of nitrogens with zero attached hydrogens (tertiary/aromatic N) is 1. The highest BCUT2D eigenvalue weighted by Gasteiger charge is 2.35. The first-order chi connectivity index (χ1) is 9.44. The molecule has 1 aromatic rings. The van der Waals surface area contributed by atoms with Crippen molar-refractivity contribution in [2.24, 2.45) is 5.73 Å². The van der Waals surface area contributed by atoms with Gasteiger partial charge in [-0.3, -0.25) is 4.90 Å². The van der Waals surface area contributed by atoms with E-state index < -0.39 is 5.60 Å². The lowest BCUT2D eigenvalue weighted by atomic mass is 9.90. The first-order valence-electron chi connectivity index (χ1n) is 7.29. The maximum atomic E-state index is 10.3. The van der Waals surface area contributed by atoms with Crippen LogP contribution < -0.4 is 10.5 Å². The second-order valence-electron chi connectivity index (χ2n) is 6.12. The first-order valence-corrected chi connectivity index (χ1v) is 7.29. The fraction of sp³-hybridized carbons (Fsp3) is 0.625. The van der Waals surface area contributed by atoms with Crippen LogP contribution in [0.5, 0.6) is 5.75 Å². The Bertz CT molecular complexity index is 446. The topological polar surface area (TPSA) is 58.7 Å². The Morgan fingerprint density at radius 2 is 2.10 bits per heavy atom. The zero-order valence-corrected chi connectivity index (χ0v) is 12.7. The molecule has 0 bridgehead atoms. The lowest BCUT2D eigenvalue weighted by Crippen LogP contribution is -2.50. The van der Waals surface area contributed by atoms with Gasteiger partial charge in [0.25, 0.3) is 0 Å². The smallest absolute Gasteiger partial charge is 0.123 e. The van der Waals surface area contributed by atoms with Crippen molar-refractivity contribution in [2.45, 2.75) is 44.4 Å². The number of β-amino-alcohol motifs (C(OH)–C–C–N with tert-alkyl or cyclic N) is 1. The number of hydrogen-bond acceptors (Lipinski definition) is 4. The summed E-state index contributed by atoms with van der Waals surface area (Å²) in [4.78, 5) is 2.28. The summed E-state index contributed by atoms with van der Waals surface area (Å²) in [7, 11) is 1.68. The van der Waals surface area contributed by atoms with E-state index in [2.05, 4.69) is 11.0 Å². The van der Waals surface area contributed by atoms with Crippen molar-refractivity contribution in [3.63, 3.8) is 0 Å². The molecule has 20 heavy (non-hydrogen) atoms. The van der Waals surface area contributed by atoms with E-state index in [-0.39, 0.29) is 12.1 Å². The minimum atomic E-state index is -0.632. The molecule has 1 aliphatic heterocycles. The minimum absolute atomic E-state index is 0.0276. The molecular formula is C16H26N2O2. The molecule has 0 amide bonds. The summed E-state index contributed by atoms with van der Waals surface area (Å²) >= 11 is 0. The molecule has 112 valence electrons. The van der Waals surface area contributed by atoms with Crippen LogP contribution in [0.2, 0.25) is 0 Å². The van der Waals surface area contributed by atoms with Crippen LogP contribution >= 0.6 is 0 Å². The number of likely N-dealkylation sites (tertiary alicyclic amines) is 1. The van der Waals surface area contributed by atoms with Crippen LogP contribution in [-0.4, -0.2) is 41.8 Å². The highest BCUT2D eigenvalue weighted by molar-refractivity contribution is 5.36. The fourth-order valence-electron chi connectivity index (χ4n) is 3.22. The predicted molar refractivity (Wildman–Crippen MR) is 80.8 cm³/mol. The number of nitrogens with two attached hydrogens (primary N) is 1. The number of methoxy groups -OCH3 is 1. The lowest BCUT2D eigenvalue weighted by molar-refractivity contribution is -0.0336. The van der Waals surface area contributed by atoms with E-state index in [1.54, 1.807) is 7.11 Å². The minimum Gasteiger partial charge on any atom is -0.496 e. The number of piperidine rings is 1. The van der Waals surface area contributed by atoms with Gasteiger partial charge in [0.15, 0.2) is 0 Å². The Morgan fingerprint density at radius 1 is 1.40 bits per heavy atom. The molecule has 1 aromatic carbocycles. The van der Waals surface area contributed by atoms with E-state index >= 15 is 0 Å². The third-order valence-corrected chi connectivity index (χ3v) is 4.05. The van der Waals surface area contributed by atoms with E-state index in [1.165, 1.54) is 0 Å². The Morgan fingerprint density at radius 3 is 2.70 bits per heavy atom. The van der Waals surface area contributed by atoms with Gasteiger partial charge in [0.05, 0.1) is 18.8 Å². The van der Waals surface area contributed by atoms with Gasteiger partial charge in [-0.25, -0.2) is 0 Å². The van der Waals surface area contributed by atoms with Gasteiger partial charge >= 0.3 is 0 Å². The molecule has 0 radical (unpaired) electrons. The predicted octanol–water partition coefficient (Wildman–Crippen LogP) is 1.93. The summed E-state index contributed by atoms with van der Waals surface area (Å²) < 4.78 is 5.47. The third-order valence-electron chi connectivity index (χ3n) is 4.05. The SMILES string of the molecule is COc1ccccc1C(C(C)N)N1CCCC(C)(O)C1. The number of hydrogen-bond donors (Lipinski definition) is 2. The number of para-hydroxylation sites is 1. The molecule has 0 spiro atoms. The lowest BCUT2D eigenvalue weighted by Gasteiger charge is -2.43. The van der Waals surface area contributed by atoms with E-state index in [4.69, 9.17) is 10.5 Å². The van der Waals surface area contributed by atoms with Crippen molar-refractivity contribution in [1.82, 2.24) is 4.90 Å². The Hall–Kier alpha value is -1.10. The van der Waals surface area contributed by atoms with Crippen molar-refractivity contribution in [3.8, 4) is 5.75 Å². The van der Waals surface area contributed by atoms with Crippen LogP contribution in [0, 0.1) is 0 Å². The van der Waals surface area contributed by atoms with E-state index in [9.17, 15) is 5.11 Å². The molecule has 1 heterocycles. The summed E-state index contributed by atoms with van der Waals surface area (Å²) in [5.74, 6) is 0.861. The van der Waals surface area contributed by atoms with Crippen LogP contribution in [-0.2, 0) is 0 Å². The number of aliphatic hydroxyl groups is 1. The summed E-state index contributed by atoms with van der Waals surface area (Å²) in [6.45, 7) is 5.53. The molecule has 3 atom stereocenters. The molecular weight excluding hydrogens is 252 g/mol. The Kier molecular flexibility index (Phi) is 4.68. The molecule has 3 unspecified atom stereocenters. The van der Waals surface area contributed by atoms with Gasteiger partial charge in [-0.05, 0) is 39.3 Å². The second-order valence-corrected chi connectivity index (χ2v) is 6.12. The highest BCUT2D eigenvalue weighted by atomic mass is 16.5. The number of ether oxygens (including phenoxy) is 1. The largest absolute Gasteiger partial charge is 0.496 e. The summed E-state index contributed by atoms with van der Waals surface area (Å²) in [6, 6.07) is 8.05. The molecule has 0 aliphatic carbocycles. The second kappa shape index (κ2) is 6.12. The quantitative estimate of drug-likeness (QED) is 0.883. The number of benzene rings is 1. The van der Waals surface area contributed by atoms with Crippen LogP contribution in [0.4, 0.5) is 0 Å². The Balaban J connectivity index is 2.31. The van der Waals surface area contributed by atoms with Crippen molar-refractivity contribution in [1.29, 1.82) is 0 Å². The maximum absolute atomic E-state index is 10.3. The normalized spacial score (nSPS) is 27.1.